The van der Waals surface area contributed by atoms with Crippen molar-refractivity contribution in [3.8, 4) is 5.75 Å². The van der Waals surface area contributed by atoms with Crippen molar-refractivity contribution in [3.05, 3.63) is 23.8 Å². The smallest absolute Gasteiger partial charge is 0.410 e. The van der Waals surface area contributed by atoms with Crippen LogP contribution in [0.3, 0.4) is 0 Å². The molecule has 0 aliphatic carbocycles. The van der Waals surface area contributed by atoms with E-state index in [-0.39, 0.29) is 6.09 Å². The average Bonchev–Trinajstić information content (AvgIpc) is 2.27. The first-order chi connectivity index (χ1) is 8.75. The molecule has 4 nitrogen and oxygen atoms in total. The van der Waals surface area contributed by atoms with Crippen molar-refractivity contribution in [2.45, 2.75) is 19.8 Å². The summed E-state index contributed by atoms with van der Waals surface area (Å²) in [7, 11) is 9.77. The average molecular weight is 265 g/mol. The lowest BCUT2D eigenvalue weighted by molar-refractivity contribution is 0.172. The van der Waals surface area contributed by atoms with Crippen molar-refractivity contribution in [2.75, 3.05) is 35.2 Å². The van der Waals surface area contributed by atoms with Crippen LogP contribution < -0.4 is 9.22 Å². The van der Waals surface area contributed by atoms with E-state index >= 15 is 0 Å². The van der Waals surface area contributed by atoms with Crippen molar-refractivity contribution in [3.63, 3.8) is 0 Å². The fraction of sp³-hybridized carbons (Fsp3) is 0.533. The predicted octanol–water partition coefficient (Wildman–Crippen LogP) is 2.90. The number of aryl methyl sites for hydroxylation is 1. The first kappa shape index (κ1) is 15.5. The fourth-order valence-corrected chi connectivity index (χ4v) is 1.94. The Morgan fingerprint density at radius 3 is 2.37 bits per heavy atom. The number of quaternary nitrogens is 1. The molecule has 0 heterocycles. The normalized spacial score (nSPS) is 11.3. The zero-order valence-corrected chi connectivity index (χ0v) is 12.9. The number of rotatable bonds is 4. The zero-order chi connectivity index (χ0) is 14.6. The molecule has 1 aromatic carbocycles. The van der Waals surface area contributed by atoms with Crippen molar-refractivity contribution < 1.29 is 9.53 Å². The van der Waals surface area contributed by atoms with Crippen LogP contribution in [-0.2, 0) is 6.42 Å². The lowest BCUT2D eigenvalue weighted by Gasteiger charge is -2.26. The maximum atomic E-state index is 11.6. The van der Waals surface area contributed by atoms with Gasteiger partial charge in [0, 0.05) is 25.7 Å². The summed E-state index contributed by atoms with van der Waals surface area (Å²) in [5, 5.41) is 0. The first-order valence-corrected chi connectivity index (χ1v) is 6.59. The number of hydrogen-bond donors (Lipinski definition) is 0. The van der Waals surface area contributed by atoms with Crippen LogP contribution in [0.1, 0.15) is 18.9 Å². The molecular weight excluding hydrogens is 240 g/mol. The molecule has 0 aromatic heterocycles. The van der Waals surface area contributed by atoms with E-state index in [0.717, 1.165) is 17.3 Å². The van der Waals surface area contributed by atoms with Gasteiger partial charge in [-0.05, 0) is 18.6 Å². The third-order valence-corrected chi connectivity index (χ3v) is 2.86. The topological polar surface area (TPSA) is 29.5 Å². The number of carbonyl (C=O) groups excluding carboxylic acids is 1. The van der Waals surface area contributed by atoms with E-state index in [4.69, 9.17) is 4.74 Å². The van der Waals surface area contributed by atoms with E-state index in [1.54, 1.807) is 14.1 Å². The van der Waals surface area contributed by atoms with E-state index in [1.807, 2.05) is 18.2 Å². The Kier molecular flexibility index (Phi) is 4.95. The lowest BCUT2D eigenvalue weighted by Crippen LogP contribution is -2.35. The lowest BCUT2D eigenvalue weighted by atomic mass is 10.1. The highest BCUT2D eigenvalue weighted by Crippen LogP contribution is 2.28. The first-order valence-electron chi connectivity index (χ1n) is 6.59. The van der Waals surface area contributed by atoms with E-state index in [0.29, 0.717) is 5.75 Å². The summed E-state index contributed by atoms with van der Waals surface area (Å²) in [4.78, 5) is 13.0. The van der Waals surface area contributed by atoms with Crippen LogP contribution in [-0.4, -0.2) is 46.2 Å². The molecule has 1 rings (SSSR count). The van der Waals surface area contributed by atoms with Crippen molar-refractivity contribution >= 4 is 11.8 Å². The molecule has 0 N–H and O–H groups in total. The maximum absolute atomic E-state index is 11.6. The summed E-state index contributed by atoms with van der Waals surface area (Å²) in [6.45, 7) is 2.15. The van der Waals surface area contributed by atoms with Gasteiger partial charge in [0.25, 0.3) is 0 Å². The monoisotopic (exact) mass is 265 g/mol. The number of nitrogens with zero attached hydrogens (tertiary/aromatic N) is 2. The maximum Gasteiger partial charge on any atom is 0.414 e. The highest BCUT2D eigenvalue weighted by Gasteiger charge is 2.18. The summed E-state index contributed by atoms with van der Waals surface area (Å²) in [6, 6.07) is 5.88. The molecule has 0 saturated heterocycles. The van der Waals surface area contributed by atoms with Gasteiger partial charge in [0.15, 0.2) is 0 Å². The SMILES string of the molecule is CCCc1cc(OC(=O)N(C)C)ccc1[N+](C)(C)C. The fourth-order valence-electron chi connectivity index (χ4n) is 1.94. The van der Waals surface area contributed by atoms with Gasteiger partial charge in [-0.25, -0.2) is 4.79 Å². The minimum atomic E-state index is -0.347. The van der Waals surface area contributed by atoms with Crippen LogP contribution >= 0.6 is 0 Å². The van der Waals surface area contributed by atoms with Gasteiger partial charge in [-0.15, -0.1) is 0 Å². The van der Waals surface area contributed by atoms with Crippen LogP contribution in [0.5, 0.6) is 5.75 Å². The molecule has 0 unspecified atom stereocenters. The molecular formula is C15H25N2O2+. The van der Waals surface area contributed by atoms with E-state index in [2.05, 4.69) is 28.1 Å². The number of ether oxygens (including phenoxy) is 1. The number of carbonyl (C=O) groups is 1. The molecule has 4 heteroatoms. The Balaban J connectivity index is 3.06. The van der Waals surface area contributed by atoms with Crippen LogP contribution in [0.2, 0.25) is 0 Å². The number of benzene rings is 1. The summed E-state index contributed by atoms with van der Waals surface area (Å²) in [5.74, 6) is 0.611. The third-order valence-electron chi connectivity index (χ3n) is 2.86. The second-order valence-corrected chi connectivity index (χ2v) is 5.82. The highest BCUT2D eigenvalue weighted by molar-refractivity contribution is 5.70. The van der Waals surface area contributed by atoms with E-state index in [9.17, 15) is 4.79 Å². The van der Waals surface area contributed by atoms with Gasteiger partial charge in [0.05, 0.1) is 21.1 Å². The summed E-state index contributed by atoms with van der Waals surface area (Å²) in [6.07, 6.45) is 1.71. The second-order valence-electron chi connectivity index (χ2n) is 5.82. The summed E-state index contributed by atoms with van der Waals surface area (Å²) in [5.41, 5.74) is 2.49. The molecule has 0 atom stereocenters. The highest BCUT2D eigenvalue weighted by atomic mass is 16.6. The standard InChI is InChI=1S/C15H25N2O2/c1-7-8-12-11-13(19-15(18)16(2)3)9-10-14(12)17(4,5)6/h9-11H,7-8H2,1-6H3/q+1. The zero-order valence-electron chi connectivity index (χ0n) is 12.9. The molecule has 0 radical (unpaired) electrons. The Bertz CT molecular complexity index is 448. The Morgan fingerprint density at radius 2 is 1.89 bits per heavy atom. The number of hydrogen-bond acceptors (Lipinski definition) is 2. The van der Waals surface area contributed by atoms with Gasteiger partial charge in [-0.1, -0.05) is 13.3 Å². The Hall–Kier alpha value is -1.55. The molecule has 1 amide bonds. The van der Waals surface area contributed by atoms with Crippen molar-refractivity contribution in [2.24, 2.45) is 0 Å². The quantitative estimate of drug-likeness (QED) is 0.783. The molecule has 1 aromatic rings. The van der Waals surface area contributed by atoms with Gasteiger partial charge in [-0.2, -0.15) is 0 Å². The molecule has 0 saturated carbocycles. The molecule has 19 heavy (non-hydrogen) atoms. The second kappa shape index (κ2) is 6.06. The van der Waals surface area contributed by atoms with E-state index < -0.39 is 0 Å². The molecule has 0 bridgehead atoms. The van der Waals surface area contributed by atoms with E-state index in [1.165, 1.54) is 16.2 Å². The van der Waals surface area contributed by atoms with Crippen molar-refractivity contribution in [1.29, 1.82) is 0 Å². The van der Waals surface area contributed by atoms with Crippen LogP contribution in [0.15, 0.2) is 18.2 Å². The molecule has 0 spiro atoms. The summed E-state index contributed by atoms with van der Waals surface area (Å²) < 4.78 is 6.07. The predicted molar refractivity (Wildman–Crippen MR) is 79.7 cm³/mol. The van der Waals surface area contributed by atoms with Gasteiger partial charge >= 0.3 is 6.09 Å². The van der Waals surface area contributed by atoms with Gasteiger partial charge in [-0.3, -0.25) is 4.48 Å². The summed E-state index contributed by atoms with van der Waals surface area (Å²) >= 11 is 0. The molecule has 106 valence electrons. The van der Waals surface area contributed by atoms with Crippen LogP contribution in [0.25, 0.3) is 0 Å². The van der Waals surface area contributed by atoms with Crippen LogP contribution in [0, 0.1) is 0 Å². The Labute approximate surface area is 116 Å². The minimum absolute atomic E-state index is 0.347. The Morgan fingerprint density at radius 1 is 1.26 bits per heavy atom. The minimum Gasteiger partial charge on any atom is -0.410 e. The van der Waals surface area contributed by atoms with Gasteiger partial charge in [0.2, 0.25) is 0 Å². The third kappa shape index (κ3) is 4.24. The van der Waals surface area contributed by atoms with Gasteiger partial charge in [0.1, 0.15) is 11.4 Å². The van der Waals surface area contributed by atoms with Gasteiger partial charge < -0.3 is 9.64 Å². The van der Waals surface area contributed by atoms with Crippen LogP contribution in [0.4, 0.5) is 10.5 Å². The molecule has 0 aliphatic rings. The largest absolute Gasteiger partial charge is 0.414 e. The number of amides is 1. The molecule has 0 fully saturated rings. The molecule has 0 aliphatic heterocycles. The van der Waals surface area contributed by atoms with Crippen molar-refractivity contribution in [1.82, 2.24) is 9.38 Å².